The van der Waals surface area contributed by atoms with Gasteiger partial charge < -0.3 is 5.32 Å². The van der Waals surface area contributed by atoms with E-state index in [1.165, 1.54) is 30.4 Å². The summed E-state index contributed by atoms with van der Waals surface area (Å²) < 4.78 is 0. The van der Waals surface area contributed by atoms with Crippen molar-refractivity contribution in [2.24, 2.45) is 0 Å². The molecule has 1 aliphatic carbocycles. The predicted octanol–water partition coefficient (Wildman–Crippen LogP) is 3.24. The van der Waals surface area contributed by atoms with Crippen LogP contribution in [0.15, 0.2) is 42.0 Å². The summed E-state index contributed by atoms with van der Waals surface area (Å²) in [6.45, 7) is 0.744. The average Bonchev–Trinajstić information content (AvgIpc) is 2.45. The van der Waals surface area contributed by atoms with E-state index in [9.17, 15) is 4.79 Å². The van der Waals surface area contributed by atoms with Crippen LogP contribution in [0.2, 0.25) is 0 Å². The molecule has 2 heteroatoms. The molecule has 18 heavy (non-hydrogen) atoms. The molecule has 0 radical (unpaired) electrons. The lowest BCUT2D eigenvalue weighted by Crippen LogP contribution is -2.26. The first-order chi connectivity index (χ1) is 8.84. The molecular weight excluding hydrogens is 222 g/mol. The van der Waals surface area contributed by atoms with Crippen LogP contribution in [0.3, 0.4) is 0 Å². The van der Waals surface area contributed by atoms with Gasteiger partial charge in [0.2, 0.25) is 5.91 Å². The fraction of sp³-hybridized carbons (Fsp3) is 0.438. The van der Waals surface area contributed by atoms with E-state index >= 15 is 0 Å². The summed E-state index contributed by atoms with van der Waals surface area (Å²) >= 11 is 0. The number of carbonyl (C=O) groups is 1. The number of hydrogen-bond donors (Lipinski definition) is 1. The molecule has 1 N–H and O–H groups in total. The molecule has 0 aliphatic heterocycles. The second-order valence-electron chi connectivity index (χ2n) is 4.87. The smallest absolute Gasteiger partial charge is 0.220 e. The van der Waals surface area contributed by atoms with Crippen LogP contribution in [-0.2, 0) is 11.2 Å². The van der Waals surface area contributed by atoms with Crippen molar-refractivity contribution in [2.75, 3.05) is 6.54 Å². The van der Waals surface area contributed by atoms with Crippen LogP contribution >= 0.6 is 0 Å². The molecule has 0 spiro atoms. The van der Waals surface area contributed by atoms with E-state index < -0.39 is 0 Å². The SMILES string of the molecule is O=C(CCc1ccccc1)NCC1=CCCCC1. The van der Waals surface area contributed by atoms with Crippen LogP contribution in [0.5, 0.6) is 0 Å². The van der Waals surface area contributed by atoms with Crippen molar-refractivity contribution in [1.29, 1.82) is 0 Å². The molecule has 1 aromatic carbocycles. The molecule has 0 saturated heterocycles. The number of amides is 1. The van der Waals surface area contributed by atoms with Crippen molar-refractivity contribution in [3.05, 3.63) is 47.5 Å². The molecule has 96 valence electrons. The van der Waals surface area contributed by atoms with E-state index in [4.69, 9.17) is 0 Å². The Morgan fingerprint density at radius 1 is 1.17 bits per heavy atom. The van der Waals surface area contributed by atoms with Crippen LogP contribution in [0, 0.1) is 0 Å². The summed E-state index contributed by atoms with van der Waals surface area (Å²) in [7, 11) is 0. The normalized spacial score (nSPS) is 15.0. The molecule has 0 saturated carbocycles. The van der Waals surface area contributed by atoms with E-state index in [2.05, 4.69) is 23.5 Å². The lowest BCUT2D eigenvalue weighted by Gasteiger charge is -2.13. The highest BCUT2D eigenvalue weighted by Gasteiger charge is 2.06. The zero-order valence-electron chi connectivity index (χ0n) is 10.8. The molecule has 0 atom stereocenters. The van der Waals surface area contributed by atoms with E-state index in [0.29, 0.717) is 6.42 Å². The quantitative estimate of drug-likeness (QED) is 0.790. The highest BCUT2D eigenvalue weighted by Crippen LogP contribution is 2.16. The molecular formula is C16H21NO. The Hall–Kier alpha value is -1.57. The van der Waals surface area contributed by atoms with Gasteiger partial charge in [0.1, 0.15) is 0 Å². The second kappa shape index (κ2) is 7.00. The molecule has 1 amide bonds. The number of benzene rings is 1. The monoisotopic (exact) mass is 243 g/mol. The van der Waals surface area contributed by atoms with Crippen molar-refractivity contribution < 1.29 is 4.79 Å². The predicted molar refractivity (Wildman–Crippen MR) is 74.3 cm³/mol. The van der Waals surface area contributed by atoms with Crippen molar-refractivity contribution in [1.82, 2.24) is 5.32 Å². The first-order valence-electron chi connectivity index (χ1n) is 6.83. The third-order valence-corrected chi connectivity index (χ3v) is 3.38. The van der Waals surface area contributed by atoms with Gasteiger partial charge in [0, 0.05) is 13.0 Å². The molecule has 2 rings (SSSR count). The Morgan fingerprint density at radius 3 is 2.72 bits per heavy atom. The van der Waals surface area contributed by atoms with E-state index in [0.717, 1.165) is 19.4 Å². The maximum Gasteiger partial charge on any atom is 0.220 e. The largest absolute Gasteiger partial charge is 0.352 e. The maximum absolute atomic E-state index is 11.7. The molecule has 0 fully saturated rings. The van der Waals surface area contributed by atoms with Crippen molar-refractivity contribution in [3.8, 4) is 0 Å². The molecule has 1 aromatic rings. The van der Waals surface area contributed by atoms with Crippen LogP contribution in [0.25, 0.3) is 0 Å². The summed E-state index contributed by atoms with van der Waals surface area (Å²) in [4.78, 5) is 11.7. The Morgan fingerprint density at radius 2 is 2.00 bits per heavy atom. The van der Waals surface area contributed by atoms with Crippen molar-refractivity contribution in [3.63, 3.8) is 0 Å². The van der Waals surface area contributed by atoms with Gasteiger partial charge in [-0.3, -0.25) is 4.79 Å². The Balaban J connectivity index is 1.67. The number of rotatable bonds is 5. The average molecular weight is 243 g/mol. The summed E-state index contributed by atoms with van der Waals surface area (Å²) in [6, 6.07) is 10.2. The topological polar surface area (TPSA) is 29.1 Å². The second-order valence-corrected chi connectivity index (χ2v) is 4.87. The van der Waals surface area contributed by atoms with Gasteiger partial charge in [-0.05, 0) is 37.7 Å². The zero-order chi connectivity index (χ0) is 12.6. The van der Waals surface area contributed by atoms with Gasteiger partial charge in [-0.15, -0.1) is 0 Å². The summed E-state index contributed by atoms with van der Waals surface area (Å²) in [6.07, 6.45) is 8.58. The van der Waals surface area contributed by atoms with Gasteiger partial charge in [-0.25, -0.2) is 0 Å². The highest BCUT2D eigenvalue weighted by molar-refractivity contribution is 5.76. The van der Waals surface area contributed by atoms with Gasteiger partial charge >= 0.3 is 0 Å². The molecule has 0 aromatic heterocycles. The number of nitrogens with one attached hydrogen (secondary N) is 1. The fourth-order valence-corrected chi connectivity index (χ4v) is 2.27. The molecule has 1 aliphatic rings. The minimum Gasteiger partial charge on any atom is -0.352 e. The minimum absolute atomic E-state index is 0.158. The Kier molecular flexibility index (Phi) is 5.00. The van der Waals surface area contributed by atoms with Gasteiger partial charge in [0.15, 0.2) is 0 Å². The molecule has 2 nitrogen and oxygen atoms in total. The van der Waals surface area contributed by atoms with Gasteiger partial charge in [0.05, 0.1) is 0 Å². The minimum atomic E-state index is 0.158. The fourth-order valence-electron chi connectivity index (χ4n) is 2.27. The van der Waals surface area contributed by atoms with Crippen molar-refractivity contribution in [2.45, 2.75) is 38.5 Å². The van der Waals surface area contributed by atoms with Crippen molar-refractivity contribution >= 4 is 5.91 Å². The molecule has 0 bridgehead atoms. The number of allylic oxidation sites excluding steroid dienone is 1. The first-order valence-corrected chi connectivity index (χ1v) is 6.83. The lowest BCUT2D eigenvalue weighted by atomic mass is 9.99. The van der Waals surface area contributed by atoms with Crippen LogP contribution in [0.4, 0.5) is 0 Å². The third kappa shape index (κ3) is 4.36. The van der Waals surface area contributed by atoms with Gasteiger partial charge in [-0.1, -0.05) is 42.0 Å². The Labute approximate surface area is 109 Å². The third-order valence-electron chi connectivity index (χ3n) is 3.38. The van der Waals surface area contributed by atoms with E-state index in [-0.39, 0.29) is 5.91 Å². The molecule has 0 heterocycles. The van der Waals surface area contributed by atoms with Gasteiger partial charge in [-0.2, -0.15) is 0 Å². The van der Waals surface area contributed by atoms with Crippen LogP contribution < -0.4 is 5.32 Å². The summed E-state index contributed by atoms with van der Waals surface area (Å²) in [5, 5.41) is 3.02. The number of aryl methyl sites for hydroxylation is 1. The van der Waals surface area contributed by atoms with Crippen LogP contribution in [0.1, 0.15) is 37.7 Å². The summed E-state index contributed by atoms with van der Waals surface area (Å²) in [5.41, 5.74) is 2.62. The Bertz CT molecular complexity index is 408. The molecule has 0 unspecified atom stereocenters. The zero-order valence-corrected chi connectivity index (χ0v) is 10.8. The van der Waals surface area contributed by atoms with Gasteiger partial charge in [0.25, 0.3) is 0 Å². The van der Waals surface area contributed by atoms with Crippen LogP contribution in [-0.4, -0.2) is 12.5 Å². The lowest BCUT2D eigenvalue weighted by molar-refractivity contribution is -0.120. The highest BCUT2D eigenvalue weighted by atomic mass is 16.1. The van der Waals surface area contributed by atoms with E-state index in [1.54, 1.807) is 0 Å². The van der Waals surface area contributed by atoms with E-state index in [1.807, 2.05) is 18.2 Å². The maximum atomic E-state index is 11.7. The first kappa shape index (κ1) is 12.9. The number of hydrogen-bond acceptors (Lipinski definition) is 1. The summed E-state index contributed by atoms with van der Waals surface area (Å²) in [5.74, 6) is 0.158. The number of carbonyl (C=O) groups excluding carboxylic acids is 1. The standard InChI is InChI=1S/C16H21NO/c18-16(12-11-14-7-3-1-4-8-14)17-13-15-9-5-2-6-10-15/h1,3-4,7-9H,2,5-6,10-13H2,(H,17,18).